The SMILES string of the molecule is N#Cc1ccc2c(C3=C(c4cn5c6c(cccc46)CCC5)C(=O)NC3=O)c[nH]c2c1. The molecule has 4 heterocycles. The predicted octanol–water partition coefficient (Wildman–Crippen LogP) is 3.51. The highest BCUT2D eigenvalue weighted by Gasteiger charge is 2.35. The lowest BCUT2D eigenvalue weighted by Gasteiger charge is -2.14. The Morgan fingerprint density at radius 2 is 1.83 bits per heavy atom. The van der Waals surface area contributed by atoms with E-state index in [1.165, 1.54) is 5.56 Å². The van der Waals surface area contributed by atoms with Crippen molar-refractivity contribution in [3.63, 3.8) is 0 Å². The fourth-order valence-electron chi connectivity index (χ4n) is 4.83. The molecule has 0 saturated carbocycles. The van der Waals surface area contributed by atoms with Crippen LogP contribution in [0.2, 0.25) is 0 Å². The summed E-state index contributed by atoms with van der Waals surface area (Å²) in [6.45, 7) is 0.899. The summed E-state index contributed by atoms with van der Waals surface area (Å²) in [5, 5.41) is 13.4. The number of hydrogen-bond acceptors (Lipinski definition) is 3. The largest absolute Gasteiger partial charge is 0.361 e. The van der Waals surface area contributed by atoms with Gasteiger partial charge in [0, 0.05) is 46.4 Å². The molecule has 0 unspecified atom stereocenters. The zero-order valence-corrected chi connectivity index (χ0v) is 16.0. The Morgan fingerprint density at radius 3 is 2.67 bits per heavy atom. The summed E-state index contributed by atoms with van der Waals surface area (Å²) >= 11 is 0. The lowest BCUT2D eigenvalue weighted by Crippen LogP contribution is -2.22. The first-order valence-electron chi connectivity index (χ1n) is 9.88. The Balaban J connectivity index is 1.66. The summed E-state index contributed by atoms with van der Waals surface area (Å²) in [6, 6.07) is 13.6. The van der Waals surface area contributed by atoms with Crippen LogP contribution in [-0.2, 0) is 22.6 Å². The monoisotopic (exact) mass is 392 g/mol. The van der Waals surface area contributed by atoms with Crippen molar-refractivity contribution < 1.29 is 9.59 Å². The van der Waals surface area contributed by atoms with Crippen LogP contribution in [0.5, 0.6) is 0 Å². The van der Waals surface area contributed by atoms with Gasteiger partial charge in [0.1, 0.15) is 0 Å². The molecule has 0 fully saturated rings. The Labute approximate surface area is 171 Å². The van der Waals surface area contributed by atoms with Gasteiger partial charge in [-0.05, 0) is 30.5 Å². The number of para-hydroxylation sites is 1. The number of carbonyl (C=O) groups is 2. The molecule has 6 heteroatoms. The average Bonchev–Trinajstić information content (AvgIpc) is 3.42. The number of carbonyl (C=O) groups excluding carboxylic acids is 2. The first-order chi connectivity index (χ1) is 14.7. The summed E-state index contributed by atoms with van der Waals surface area (Å²) in [5.41, 5.74) is 5.95. The van der Waals surface area contributed by atoms with Crippen LogP contribution in [0.25, 0.3) is 33.0 Å². The molecule has 30 heavy (non-hydrogen) atoms. The fraction of sp³-hybridized carbons (Fsp3) is 0.125. The molecule has 144 valence electrons. The van der Waals surface area contributed by atoms with E-state index in [0.717, 1.165) is 46.8 Å². The van der Waals surface area contributed by atoms with E-state index in [-0.39, 0.29) is 5.91 Å². The van der Waals surface area contributed by atoms with Gasteiger partial charge in [0.2, 0.25) is 0 Å². The van der Waals surface area contributed by atoms with Crippen molar-refractivity contribution in [2.24, 2.45) is 0 Å². The van der Waals surface area contributed by atoms with E-state index in [4.69, 9.17) is 5.26 Å². The van der Waals surface area contributed by atoms with E-state index in [1.54, 1.807) is 18.3 Å². The number of rotatable bonds is 2. The zero-order valence-electron chi connectivity index (χ0n) is 16.0. The van der Waals surface area contributed by atoms with E-state index >= 15 is 0 Å². The maximum absolute atomic E-state index is 12.9. The van der Waals surface area contributed by atoms with Crippen LogP contribution in [0.3, 0.4) is 0 Å². The molecule has 0 atom stereocenters. The summed E-state index contributed by atoms with van der Waals surface area (Å²) < 4.78 is 2.19. The van der Waals surface area contributed by atoms with Gasteiger partial charge in [0.25, 0.3) is 11.8 Å². The standard InChI is InChI=1S/C24H16N4O2/c25-10-13-6-7-15-17(11-26-19(15)9-13)20-21(24(30)27-23(20)29)18-12-28-8-2-4-14-3-1-5-16(18)22(14)28/h1,3,5-7,9,11-12,26H,2,4,8H2,(H,27,29,30). The highest BCUT2D eigenvalue weighted by atomic mass is 16.2. The van der Waals surface area contributed by atoms with Gasteiger partial charge in [-0.3, -0.25) is 14.9 Å². The lowest BCUT2D eigenvalue weighted by molar-refractivity contribution is -0.122. The van der Waals surface area contributed by atoms with Crippen LogP contribution in [-0.4, -0.2) is 21.4 Å². The molecule has 2 aliphatic heterocycles. The van der Waals surface area contributed by atoms with Crippen LogP contribution < -0.4 is 5.32 Å². The number of H-pyrrole nitrogens is 1. The van der Waals surface area contributed by atoms with E-state index in [9.17, 15) is 9.59 Å². The summed E-state index contributed by atoms with van der Waals surface area (Å²) in [4.78, 5) is 28.9. The second kappa shape index (κ2) is 5.94. The lowest BCUT2D eigenvalue weighted by atomic mass is 9.94. The number of fused-ring (bicyclic) bond motifs is 1. The smallest absolute Gasteiger partial charge is 0.259 e. The number of hydrogen-bond donors (Lipinski definition) is 2. The number of aromatic amines is 1. The zero-order chi connectivity index (χ0) is 20.4. The van der Waals surface area contributed by atoms with Gasteiger partial charge in [-0.15, -0.1) is 0 Å². The third kappa shape index (κ3) is 2.17. The minimum Gasteiger partial charge on any atom is -0.361 e. The molecule has 6 nitrogen and oxygen atoms in total. The number of aryl methyl sites for hydroxylation is 2. The molecule has 2 aliphatic rings. The normalized spacial score (nSPS) is 15.8. The molecule has 0 radical (unpaired) electrons. The Kier molecular flexibility index (Phi) is 3.33. The molecule has 6 rings (SSSR count). The van der Waals surface area contributed by atoms with Gasteiger partial charge in [-0.2, -0.15) is 5.26 Å². The number of imide groups is 1. The Hall–Kier alpha value is -4.11. The Morgan fingerprint density at radius 1 is 1.00 bits per heavy atom. The van der Waals surface area contributed by atoms with E-state index in [0.29, 0.717) is 22.3 Å². The first-order valence-corrected chi connectivity index (χ1v) is 9.88. The minimum atomic E-state index is -0.396. The number of nitrogens with zero attached hydrogens (tertiary/aromatic N) is 2. The highest BCUT2D eigenvalue weighted by molar-refractivity contribution is 6.50. The summed E-state index contributed by atoms with van der Waals surface area (Å²) in [5.74, 6) is -0.770. The predicted molar refractivity (Wildman–Crippen MR) is 113 cm³/mol. The van der Waals surface area contributed by atoms with Gasteiger partial charge in [0.05, 0.1) is 28.3 Å². The number of amides is 2. The van der Waals surface area contributed by atoms with Gasteiger partial charge >= 0.3 is 0 Å². The van der Waals surface area contributed by atoms with Crippen LogP contribution in [0, 0.1) is 11.3 Å². The highest BCUT2D eigenvalue weighted by Crippen LogP contribution is 2.40. The first kappa shape index (κ1) is 16.8. The molecule has 0 saturated heterocycles. The van der Waals surface area contributed by atoms with Crippen LogP contribution >= 0.6 is 0 Å². The maximum atomic E-state index is 12.9. The number of aromatic nitrogens is 2. The Bertz CT molecular complexity index is 1490. The molecule has 0 bridgehead atoms. The fourth-order valence-corrected chi connectivity index (χ4v) is 4.83. The van der Waals surface area contributed by atoms with Gasteiger partial charge in [-0.1, -0.05) is 24.3 Å². The van der Waals surface area contributed by atoms with Crippen molar-refractivity contribution in [1.82, 2.24) is 14.9 Å². The van der Waals surface area contributed by atoms with Gasteiger partial charge in [-0.25, -0.2) is 0 Å². The van der Waals surface area contributed by atoms with Crippen molar-refractivity contribution >= 4 is 44.8 Å². The molecule has 0 spiro atoms. The second-order valence-electron chi connectivity index (χ2n) is 7.76. The summed E-state index contributed by atoms with van der Waals surface area (Å²) in [6.07, 6.45) is 5.81. The molecule has 2 amide bonds. The van der Waals surface area contributed by atoms with E-state index in [1.807, 2.05) is 24.4 Å². The maximum Gasteiger partial charge on any atom is 0.259 e. The van der Waals surface area contributed by atoms with Gasteiger partial charge in [0.15, 0.2) is 0 Å². The third-order valence-corrected chi connectivity index (χ3v) is 6.11. The van der Waals surface area contributed by atoms with Gasteiger partial charge < -0.3 is 9.55 Å². The molecule has 2 aromatic carbocycles. The molecule has 2 N–H and O–H groups in total. The van der Waals surface area contributed by atoms with E-state index < -0.39 is 5.91 Å². The third-order valence-electron chi connectivity index (χ3n) is 6.11. The van der Waals surface area contributed by atoms with Crippen LogP contribution in [0.4, 0.5) is 0 Å². The number of benzene rings is 2. The molecule has 4 aromatic rings. The quantitative estimate of drug-likeness (QED) is 0.512. The van der Waals surface area contributed by atoms with Crippen molar-refractivity contribution in [2.45, 2.75) is 19.4 Å². The molecule has 0 aliphatic carbocycles. The van der Waals surface area contributed by atoms with Crippen LogP contribution in [0.1, 0.15) is 28.7 Å². The van der Waals surface area contributed by atoms with E-state index in [2.05, 4.69) is 27.0 Å². The summed E-state index contributed by atoms with van der Waals surface area (Å²) in [7, 11) is 0. The van der Waals surface area contributed by atoms with Crippen molar-refractivity contribution in [3.8, 4) is 6.07 Å². The topological polar surface area (TPSA) is 90.7 Å². The molecular weight excluding hydrogens is 376 g/mol. The van der Waals surface area contributed by atoms with Crippen molar-refractivity contribution in [3.05, 3.63) is 71.0 Å². The number of nitrogens with one attached hydrogen (secondary N) is 2. The molecular formula is C24H16N4O2. The number of nitriles is 1. The second-order valence-corrected chi connectivity index (χ2v) is 7.76. The average molecular weight is 392 g/mol. The van der Waals surface area contributed by atoms with Crippen molar-refractivity contribution in [2.75, 3.05) is 0 Å². The minimum absolute atomic E-state index is 0.373. The van der Waals surface area contributed by atoms with Crippen LogP contribution in [0.15, 0.2) is 48.8 Å². The molecule has 2 aromatic heterocycles. The van der Waals surface area contributed by atoms with Crippen molar-refractivity contribution in [1.29, 1.82) is 5.26 Å².